The Hall–Kier alpha value is -2.12. The maximum atomic E-state index is 11.9. The summed E-state index contributed by atoms with van der Waals surface area (Å²) >= 11 is 0. The molecule has 0 saturated heterocycles. The van der Waals surface area contributed by atoms with Crippen LogP contribution in [0.15, 0.2) is 6.33 Å². The molecular formula is C13H21N5O3. The van der Waals surface area contributed by atoms with Crippen LogP contribution >= 0.6 is 0 Å². The van der Waals surface area contributed by atoms with Gasteiger partial charge in [-0.15, -0.1) is 0 Å². The van der Waals surface area contributed by atoms with Gasteiger partial charge in [-0.05, 0) is 12.8 Å². The number of amides is 2. The molecule has 1 fully saturated rings. The molecule has 0 unspecified atom stereocenters. The summed E-state index contributed by atoms with van der Waals surface area (Å²) < 4.78 is 1.59. The first kappa shape index (κ1) is 15.3. The lowest BCUT2D eigenvalue weighted by Gasteiger charge is -2.33. The predicted molar refractivity (Wildman–Crippen MR) is 74.7 cm³/mol. The summed E-state index contributed by atoms with van der Waals surface area (Å²) in [5, 5.41) is 18.8. The fourth-order valence-electron chi connectivity index (χ4n) is 2.60. The van der Waals surface area contributed by atoms with Gasteiger partial charge in [-0.1, -0.05) is 19.3 Å². The number of aryl methyl sites for hydroxylation is 1. The van der Waals surface area contributed by atoms with Gasteiger partial charge in [-0.2, -0.15) is 5.10 Å². The molecule has 8 heteroatoms. The van der Waals surface area contributed by atoms with Crippen molar-refractivity contribution in [2.75, 3.05) is 6.54 Å². The zero-order valence-electron chi connectivity index (χ0n) is 12.1. The average molecular weight is 295 g/mol. The Labute approximate surface area is 122 Å². The van der Waals surface area contributed by atoms with Crippen LogP contribution in [0.2, 0.25) is 0 Å². The molecule has 2 rings (SSSR count). The molecule has 0 bridgehead atoms. The van der Waals surface area contributed by atoms with E-state index in [0.29, 0.717) is 31.6 Å². The molecule has 1 aromatic heterocycles. The van der Waals surface area contributed by atoms with Gasteiger partial charge in [-0.3, -0.25) is 4.68 Å². The van der Waals surface area contributed by atoms with Crippen molar-refractivity contribution in [1.82, 2.24) is 25.4 Å². The van der Waals surface area contributed by atoms with Crippen molar-refractivity contribution in [3.63, 3.8) is 0 Å². The summed E-state index contributed by atoms with van der Waals surface area (Å²) in [6.07, 6.45) is 5.73. The van der Waals surface area contributed by atoms with Crippen molar-refractivity contribution in [1.29, 1.82) is 0 Å². The summed E-state index contributed by atoms with van der Waals surface area (Å²) in [6.45, 7) is 0.367. The molecule has 0 atom stereocenters. The lowest BCUT2D eigenvalue weighted by molar-refractivity contribution is -0.145. The van der Waals surface area contributed by atoms with Crippen LogP contribution in [-0.2, 0) is 18.3 Å². The molecule has 0 aliphatic heterocycles. The van der Waals surface area contributed by atoms with Crippen molar-refractivity contribution in [3.05, 3.63) is 12.2 Å². The Kier molecular flexibility index (Phi) is 4.77. The smallest absolute Gasteiger partial charge is 0.329 e. The molecule has 0 spiro atoms. The second kappa shape index (κ2) is 6.55. The van der Waals surface area contributed by atoms with E-state index in [1.54, 1.807) is 18.1 Å². The van der Waals surface area contributed by atoms with Crippen LogP contribution in [0.4, 0.5) is 4.79 Å². The van der Waals surface area contributed by atoms with E-state index >= 15 is 0 Å². The number of aromatic nitrogens is 3. The Morgan fingerprint density at radius 3 is 2.67 bits per heavy atom. The fraction of sp³-hybridized carbons (Fsp3) is 0.692. The third kappa shape index (κ3) is 3.93. The molecular weight excluding hydrogens is 274 g/mol. The Balaban J connectivity index is 1.81. The largest absolute Gasteiger partial charge is 0.480 e. The van der Waals surface area contributed by atoms with E-state index in [-0.39, 0.29) is 0 Å². The first-order valence-corrected chi connectivity index (χ1v) is 7.16. The number of nitrogens with one attached hydrogen (secondary N) is 2. The van der Waals surface area contributed by atoms with Crippen LogP contribution in [0.1, 0.15) is 37.9 Å². The number of carboxylic acid groups (broad SMARTS) is 1. The van der Waals surface area contributed by atoms with Crippen molar-refractivity contribution < 1.29 is 14.7 Å². The lowest BCUT2D eigenvalue weighted by Crippen LogP contribution is -2.58. The molecule has 1 heterocycles. The van der Waals surface area contributed by atoms with Gasteiger partial charge in [0.1, 0.15) is 11.9 Å². The molecule has 0 radical (unpaired) electrons. The highest BCUT2D eigenvalue weighted by molar-refractivity contribution is 5.86. The fourth-order valence-corrected chi connectivity index (χ4v) is 2.60. The molecule has 21 heavy (non-hydrogen) atoms. The number of rotatable bonds is 5. The standard InChI is InChI=1S/C13H21N5O3/c1-18-9-15-10(17-18)5-8-14-12(21)16-13(11(19)20)6-3-2-4-7-13/h9H,2-8H2,1H3,(H,19,20)(H2,14,16,21). The van der Waals surface area contributed by atoms with Crippen LogP contribution in [0, 0.1) is 0 Å². The monoisotopic (exact) mass is 295 g/mol. The van der Waals surface area contributed by atoms with Gasteiger partial charge < -0.3 is 15.7 Å². The van der Waals surface area contributed by atoms with Gasteiger partial charge in [0.2, 0.25) is 0 Å². The maximum Gasteiger partial charge on any atom is 0.329 e. The van der Waals surface area contributed by atoms with Crippen LogP contribution < -0.4 is 10.6 Å². The third-order valence-electron chi connectivity index (χ3n) is 3.75. The minimum atomic E-state index is -1.12. The number of hydrogen-bond donors (Lipinski definition) is 3. The first-order valence-electron chi connectivity index (χ1n) is 7.16. The minimum absolute atomic E-state index is 0.367. The highest BCUT2D eigenvalue weighted by Crippen LogP contribution is 2.28. The highest BCUT2D eigenvalue weighted by atomic mass is 16.4. The first-order chi connectivity index (χ1) is 10.0. The predicted octanol–water partition coefficient (Wildman–Crippen LogP) is 0.444. The quantitative estimate of drug-likeness (QED) is 0.730. The summed E-state index contributed by atoms with van der Waals surface area (Å²) in [6, 6.07) is -0.449. The van der Waals surface area contributed by atoms with Crippen LogP contribution in [0.3, 0.4) is 0 Å². The molecule has 3 N–H and O–H groups in total. The van der Waals surface area contributed by atoms with E-state index in [4.69, 9.17) is 0 Å². The molecule has 2 amide bonds. The van der Waals surface area contributed by atoms with E-state index in [9.17, 15) is 14.7 Å². The summed E-state index contributed by atoms with van der Waals surface area (Å²) in [4.78, 5) is 27.4. The molecule has 1 aliphatic rings. The molecule has 1 aromatic rings. The minimum Gasteiger partial charge on any atom is -0.480 e. The van der Waals surface area contributed by atoms with Crippen LogP contribution in [-0.4, -0.2) is 44.0 Å². The SMILES string of the molecule is Cn1cnc(CCNC(=O)NC2(C(=O)O)CCCCC2)n1. The number of hydrogen-bond acceptors (Lipinski definition) is 4. The maximum absolute atomic E-state index is 11.9. The lowest BCUT2D eigenvalue weighted by atomic mass is 9.82. The Morgan fingerprint density at radius 2 is 2.10 bits per heavy atom. The zero-order valence-corrected chi connectivity index (χ0v) is 12.1. The van der Waals surface area contributed by atoms with Crippen LogP contribution in [0.25, 0.3) is 0 Å². The van der Waals surface area contributed by atoms with Gasteiger partial charge >= 0.3 is 12.0 Å². The van der Waals surface area contributed by atoms with E-state index < -0.39 is 17.5 Å². The summed E-state index contributed by atoms with van der Waals surface area (Å²) in [7, 11) is 1.77. The van der Waals surface area contributed by atoms with Gasteiger partial charge in [-0.25, -0.2) is 14.6 Å². The van der Waals surface area contributed by atoms with E-state index in [0.717, 1.165) is 19.3 Å². The summed E-state index contributed by atoms with van der Waals surface area (Å²) in [5.74, 6) is -0.313. The zero-order chi connectivity index (χ0) is 15.3. The molecule has 0 aromatic carbocycles. The van der Waals surface area contributed by atoms with Crippen molar-refractivity contribution >= 4 is 12.0 Å². The molecule has 1 saturated carbocycles. The number of carbonyl (C=O) groups excluding carboxylic acids is 1. The molecule has 1 aliphatic carbocycles. The van der Waals surface area contributed by atoms with Gasteiger partial charge in [0.15, 0.2) is 5.82 Å². The average Bonchev–Trinajstić information content (AvgIpc) is 2.85. The molecule has 8 nitrogen and oxygen atoms in total. The number of aliphatic carboxylic acids is 1. The van der Waals surface area contributed by atoms with Crippen molar-refractivity contribution in [2.45, 2.75) is 44.1 Å². The topological polar surface area (TPSA) is 109 Å². The van der Waals surface area contributed by atoms with Gasteiger partial charge in [0.25, 0.3) is 0 Å². The number of nitrogens with zero attached hydrogens (tertiary/aromatic N) is 3. The number of carbonyl (C=O) groups is 2. The van der Waals surface area contributed by atoms with Crippen LogP contribution in [0.5, 0.6) is 0 Å². The van der Waals surface area contributed by atoms with Gasteiger partial charge in [0.05, 0.1) is 0 Å². The molecule has 116 valence electrons. The summed E-state index contributed by atoms with van der Waals surface area (Å²) in [5.41, 5.74) is -1.12. The third-order valence-corrected chi connectivity index (χ3v) is 3.75. The Bertz CT molecular complexity index is 508. The van der Waals surface area contributed by atoms with Crippen molar-refractivity contribution in [3.8, 4) is 0 Å². The van der Waals surface area contributed by atoms with E-state index in [1.165, 1.54) is 0 Å². The normalized spacial score (nSPS) is 17.2. The van der Waals surface area contributed by atoms with E-state index in [2.05, 4.69) is 20.7 Å². The second-order valence-electron chi connectivity index (χ2n) is 5.41. The van der Waals surface area contributed by atoms with Crippen molar-refractivity contribution in [2.24, 2.45) is 7.05 Å². The Morgan fingerprint density at radius 1 is 1.38 bits per heavy atom. The highest BCUT2D eigenvalue weighted by Gasteiger charge is 2.40. The van der Waals surface area contributed by atoms with E-state index in [1.807, 2.05) is 0 Å². The number of carboxylic acids is 1. The van der Waals surface area contributed by atoms with Gasteiger partial charge in [0, 0.05) is 20.0 Å². The second-order valence-corrected chi connectivity index (χ2v) is 5.41. The number of urea groups is 1.